The largest absolute Gasteiger partial charge is 0.456 e. The van der Waals surface area contributed by atoms with E-state index in [9.17, 15) is 9.59 Å². The summed E-state index contributed by atoms with van der Waals surface area (Å²) in [5.41, 5.74) is 0.418. The van der Waals surface area contributed by atoms with Crippen molar-refractivity contribution in [1.29, 1.82) is 0 Å². The van der Waals surface area contributed by atoms with Gasteiger partial charge in [-0.1, -0.05) is 30.3 Å². The zero-order chi connectivity index (χ0) is 18.0. The number of hydrogen-bond acceptors (Lipinski definition) is 4. The molecule has 0 aliphatic carbocycles. The van der Waals surface area contributed by atoms with Crippen LogP contribution in [0.4, 0.5) is 0 Å². The van der Waals surface area contributed by atoms with Crippen LogP contribution in [0, 0.1) is 0 Å². The van der Waals surface area contributed by atoms with Gasteiger partial charge in [0.2, 0.25) is 5.91 Å². The summed E-state index contributed by atoms with van der Waals surface area (Å²) in [4.78, 5) is 26.0. The molecule has 1 atom stereocenters. The number of rotatable bonds is 4. The number of esters is 1. The lowest BCUT2D eigenvalue weighted by atomic mass is 9.96. The molecule has 132 valence electrons. The van der Waals surface area contributed by atoms with E-state index < -0.39 is 6.10 Å². The van der Waals surface area contributed by atoms with Gasteiger partial charge in [0.15, 0.2) is 0 Å². The molecule has 0 spiro atoms. The molecule has 1 fully saturated rings. The highest BCUT2D eigenvalue weighted by Gasteiger charge is 2.38. The first kappa shape index (κ1) is 18.5. The number of amides is 1. The van der Waals surface area contributed by atoms with Gasteiger partial charge < -0.3 is 15.0 Å². The fourth-order valence-electron chi connectivity index (χ4n) is 3.50. The summed E-state index contributed by atoms with van der Waals surface area (Å²) < 4.78 is 5.50. The van der Waals surface area contributed by atoms with Crippen molar-refractivity contribution in [2.24, 2.45) is 0 Å². The van der Waals surface area contributed by atoms with E-state index in [-0.39, 0.29) is 23.0 Å². The lowest BCUT2D eigenvalue weighted by Gasteiger charge is -2.35. The van der Waals surface area contributed by atoms with Gasteiger partial charge in [-0.2, -0.15) is 0 Å². The van der Waals surface area contributed by atoms with Gasteiger partial charge in [0, 0.05) is 31.0 Å². The molecule has 1 aromatic rings. The predicted molar refractivity (Wildman–Crippen MR) is 93.4 cm³/mol. The first-order chi connectivity index (χ1) is 11.1. The highest BCUT2D eigenvalue weighted by molar-refractivity contribution is 5.78. The Hall–Kier alpha value is -1.88. The van der Waals surface area contributed by atoms with E-state index in [2.05, 4.69) is 19.2 Å². The summed E-state index contributed by atoms with van der Waals surface area (Å²) in [6.07, 6.45) is -0.0393. The van der Waals surface area contributed by atoms with Crippen LogP contribution < -0.4 is 5.32 Å². The predicted octanol–water partition coefficient (Wildman–Crippen LogP) is 2.67. The van der Waals surface area contributed by atoms with Gasteiger partial charge in [0.1, 0.15) is 6.10 Å². The number of ether oxygens (including phenoxy) is 1. The van der Waals surface area contributed by atoms with E-state index in [1.54, 1.807) is 0 Å². The molecule has 0 saturated carbocycles. The number of benzene rings is 1. The van der Waals surface area contributed by atoms with Crippen LogP contribution in [0.25, 0.3) is 0 Å². The first-order valence-corrected chi connectivity index (χ1v) is 8.37. The van der Waals surface area contributed by atoms with Crippen molar-refractivity contribution in [3.05, 3.63) is 35.9 Å². The average Bonchev–Trinajstić information content (AvgIpc) is 2.51. The summed E-state index contributed by atoms with van der Waals surface area (Å²) in [6.45, 7) is 10.6. The Morgan fingerprint density at radius 3 is 2.42 bits per heavy atom. The molecule has 1 aliphatic rings. The molecule has 1 heterocycles. The van der Waals surface area contributed by atoms with E-state index in [0.29, 0.717) is 19.5 Å². The van der Waals surface area contributed by atoms with Crippen molar-refractivity contribution in [3.63, 3.8) is 0 Å². The van der Waals surface area contributed by atoms with Crippen LogP contribution in [0.2, 0.25) is 0 Å². The highest BCUT2D eigenvalue weighted by Crippen LogP contribution is 2.26. The fraction of sp³-hybridized carbons (Fsp3) is 0.579. The Labute approximate surface area is 144 Å². The molecule has 0 radical (unpaired) electrons. The Morgan fingerprint density at radius 2 is 1.83 bits per heavy atom. The Kier molecular flexibility index (Phi) is 5.33. The summed E-state index contributed by atoms with van der Waals surface area (Å²) in [5, 5.41) is 3.54. The van der Waals surface area contributed by atoms with Crippen LogP contribution in [0.15, 0.2) is 30.3 Å². The molecule has 1 N–H and O–H groups in total. The minimum absolute atomic E-state index is 0.0751. The molecule has 1 saturated heterocycles. The lowest BCUT2D eigenvalue weighted by molar-refractivity contribution is -0.150. The Morgan fingerprint density at radius 1 is 1.21 bits per heavy atom. The fourth-order valence-corrected chi connectivity index (χ4v) is 3.50. The van der Waals surface area contributed by atoms with Crippen molar-refractivity contribution < 1.29 is 14.3 Å². The first-order valence-electron chi connectivity index (χ1n) is 8.37. The Balaban J connectivity index is 2.23. The molecular formula is C19H28N2O3. The third kappa shape index (κ3) is 5.06. The van der Waals surface area contributed by atoms with Crippen molar-refractivity contribution in [2.45, 2.75) is 58.2 Å². The van der Waals surface area contributed by atoms with Crippen LogP contribution in [0.5, 0.6) is 0 Å². The maximum absolute atomic E-state index is 12.7. The van der Waals surface area contributed by atoms with Gasteiger partial charge in [-0.3, -0.25) is 9.59 Å². The second kappa shape index (κ2) is 6.93. The number of hydrogen-bond donors (Lipinski definition) is 1. The molecule has 1 unspecified atom stereocenters. The van der Waals surface area contributed by atoms with Crippen LogP contribution in [0.1, 0.15) is 52.7 Å². The van der Waals surface area contributed by atoms with Crippen LogP contribution in [0.3, 0.4) is 0 Å². The van der Waals surface area contributed by atoms with Gasteiger partial charge in [-0.05, 0) is 33.3 Å². The molecule has 5 heteroatoms. The van der Waals surface area contributed by atoms with Crippen molar-refractivity contribution in [2.75, 3.05) is 13.1 Å². The molecule has 0 bridgehead atoms. The molecule has 5 nitrogen and oxygen atoms in total. The smallest absolute Gasteiger partial charge is 0.303 e. The molecular weight excluding hydrogens is 304 g/mol. The molecule has 1 aromatic carbocycles. The molecule has 0 aromatic heterocycles. The normalized spacial score (nSPS) is 21.0. The second-order valence-corrected chi connectivity index (χ2v) is 7.85. The van der Waals surface area contributed by atoms with Crippen LogP contribution in [-0.2, 0) is 14.3 Å². The average molecular weight is 332 g/mol. The minimum Gasteiger partial charge on any atom is -0.456 e. The zero-order valence-corrected chi connectivity index (χ0v) is 15.3. The number of carbonyl (C=O) groups excluding carboxylic acids is 2. The van der Waals surface area contributed by atoms with Gasteiger partial charge >= 0.3 is 5.97 Å². The summed E-state index contributed by atoms with van der Waals surface area (Å²) >= 11 is 0. The standard InChI is InChI=1S/C19H28N2O3/c1-14(22)24-16(15-9-7-6-8-10-15)12-21-13-19(4,5)20-18(2,3)11-17(21)23/h6-10,16,20H,11-13H2,1-5H3. The summed E-state index contributed by atoms with van der Waals surface area (Å²) in [7, 11) is 0. The quantitative estimate of drug-likeness (QED) is 0.861. The van der Waals surface area contributed by atoms with E-state index in [4.69, 9.17) is 4.74 Å². The number of nitrogens with zero attached hydrogens (tertiary/aromatic N) is 1. The summed E-state index contributed by atoms with van der Waals surface area (Å²) in [6, 6.07) is 9.57. The van der Waals surface area contributed by atoms with Crippen LogP contribution in [-0.4, -0.2) is 40.9 Å². The van der Waals surface area contributed by atoms with E-state index in [1.807, 2.05) is 49.1 Å². The SMILES string of the molecule is CC(=O)OC(CN1CC(C)(C)NC(C)(C)CC1=O)c1ccccc1. The van der Waals surface area contributed by atoms with Crippen molar-refractivity contribution >= 4 is 11.9 Å². The van der Waals surface area contributed by atoms with Gasteiger partial charge in [-0.15, -0.1) is 0 Å². The lowest BCUT2D eigenvalue weighted by Crippen LogP contribution is -2.53. The molecule has 24 heavy (non-hydrogen) atoms. The third-order valence-corrected chi connectivity index (χ3v) is 4.07. The molecule has 1 aliphatic heterocycles. The number of carbonyl (C=O) groups is 2. The third-order valence-electron chi connectivity index (χ3n) is 4.07. The minimum atomic E-state index is -0.454. The van der Waals surface area contributed by atoms with E-state index in [0.717, 1.165) is 5.56 Å². The van der Waals surface area contributed by atoms with E-state index in [1.165, 1.54) is 6.92 Å². The van der Waals surface area contributed by atoms with Crippen molar-refractivity contribution in [3.8, 4) is 0 Å². The zero-order valence-electron chi connectivity index (χ0n) is 15.3. The van der Waals surface area contributed by atoms with E-state index >= 15 is 0 Å². The Bertz CT molecular complexity index is 596. The maximum atomic E-state index is 12.7. The second-order valence-electron chi connectivity index (χ2n) is 7.85. The number of nitrogens with one attached hydrogen (secondary N) is 1. The topological polar surface area (TPSA) is 58.6 Å². The van der Waals surface area contributed by atoms with Gasteiger partial charge in [0.25, 0.3) is 0 Å². The van der Waals surface area contributed by atoms with Gasteiger partial charge in [-0.25, -0.2) is 0 Å². The highest BCUT2D eigenvalue weighted by atomic mass is 16.5. The molecule has 1 amide bonds. The molecule has 2 rings (SSSR count). The maximum Gasteiger partial charge on any atom is 0.303 e. The van der Waals surface area contributed by atoms with Gasteiger partial charge in [0.05, 0.1) is 6.54 Å². The summed E-state index contributed by atoms with van der Waals surface area (Å²) in [5.74, 6) is -0.269. The van der Waals surface area contributed by atoms with Crippen LogP contribution >= 0.6 is 0 Å². The van der Waals surface area contributed by atoms with Crippen molar-refractivity contribution in [1.82, 2.24) is 10.2 Å². The monoisotopic (exact) mass is 332 g/mol.